The van der Waals surface area contributed by atoms with E-state index in [0.29, 0.717) is 29.1 Å². The smallest absolute Gasteiger partial charge is 0.338 e. The van der Waals surface area contributed by atoms with E-state index in [2.05, 4.69) is 22.3 Å². The molecule has 0 bridgehead atoms. The van der Waals surface area contributed by atoms with Crippen LogP contribution in [0.15, 0.2) is 48.5 Å². The fourth-order valence-corrected chi connectivity index (χ4v) is 2.95. The molecule has 36 heavy (non-hydrogen) atoms. The van der Waals surface area contributed by atoms with E-state index < -0.39 is 36.3 Å². The van der Waals surface area contributed by atoms with Crippen molar-refractivity contribution in [1.82, 2.24) is 0 Å². The number of rotatable bonds is 13. The molecule has 2 rings (SSSR count). The van der Waals surface area contributed by atoms with Crippen LogP contribution in [0.2, 0.25) is 0 Å². The van der Waals surface area contributed by atoms with Gasteiger partial charge in [0.15, 0.2) is 6.61 Å². The van der Waals surface area contributed by atoms with Crippen LogP contribution in [-0.4, -0.2) is 50.0 Å². The normalized spacial score (nSPS) is 10.2. The Kier molecular flexibility index (Phi) is 11.6. The van der Waals surface area contributed by atoms with E-state index >= 15 is 0 Å². The van der Waals surface area contributed by atoms with Crippen LogP contribution in [0.25, 0.3) is 0 Å². The van der Waals surface area contributed by atoms with Crippen molar-refractivity contribution in [3.63, 3.8) is 0 Å². The number of benzene rings is 2. The summed E-state index contributed by atoms with van der Waals surface area (Å²) >= 11 is 0. The number of unbranched alkanes of at least 4 members (excludes halogenated alkanes) is 2. The molecular weight excluding hydrogens is 468 g/mol. The Morgan fingerprint density at radius 1 is 0.694 bits per heavy atom. The van der Waals surface area contributed by atoms with Gasteiger partial charge in [-0.25, -0.2) is 9.59 Å². The maximum atomic E-state index is 12.1. The van der Waals surface area contributed by atoms with E-state index in [1.54, 1.807) is 24.3 Å². The molecule has 0 heterocycles. The molecule has 0 aliphatic heterocycles. The second-order valence-corrected chi connectivity index (χ2v) is 7.75. The van der Waals surface area contributed by atoms with E-state index in [1.807, 2.05) is 0 Å². The number of esters is 3. The highest BCUT2D eigenvalue weighted by atomic mass is 16.5. The minimum Gasteiger partial charge on any atom is -0.465 e. The lowest BCUT2D eigenvalue weighted by molar-refractivity contribution is -0.147. The molecular formula is C26H30N2O8. The quantitative estimate of drug-likeness (QED) is 0.242. The predicted molar refractivity (Wildman–Crippen MR) is 131 cm³/mol. The molecule has 0 aliphatic carbocycles. The highest BCUT2D eigenvalue weighted by molar-refractivity contribution is 5.96. The van der Waals surface area contributed by atoms with Gasteiger partial charge in [-0.05, 0) is 55.0 Å². The van der Waals surface area contributed by atoms with E-state index in [-0.39, 0.29) is 12.8 Å². The van der Waals surface area contributed by atoms with E-state index in [9.17, 15) is 24.0 Å². The zero-order valence-corrected chi connectivity index (χ0v) is 20.3. The van der Waals surface area contributed by atoms with Crippen molar-refractivity contribution in [3.05, 3.63) is 59.7 Å². The summed E-state index contributed by atoms with van der Waals surface area (Å²) < 4.78 is 14.7. The molecule has 0 unspecified atom stereocenters. The maximum Gasteiger partial charge on any atom is 0.338 e. The first-order valence-corrected chi connectivity index (χ1v) is 11.5. The van der Waals surface area contributed by atoms with E-state index in [1.165, 1.54) is 31.4 Å². The van der Waals surface area contributed by atoms with Gasteiger partial charge in [-0.15, -0.1) is 0 Å². The Balaban J connectivity index is 1.67. The first kappa shape index (κ1) is 28.0. The van der Waals surface area contributed by atoms with E-state index in [4.69, 9.17) is 9.47 Å². The van der Waals surface area contributed by atoms with Gasteiger partial charge in [-0.1, -0.05) is 19.8 Å². The third-order valence-corrected chi connectivity index (χ3v) is 4.90. The first-order valence-electron chi connectivity index (χ1n) is 11.5. The summed E-state index contributed by atoms with van der Waals surface area (Å²) in [4.78, 5) is 59.3. The van der Waals surface area contributed by atoms with Crippen LogP contribution >= 0.6 is 0 Å². The summed E-state index contributed by atoms with van der Waals surface area (Å²) in [5.41, 5.74) is 1.59. The monoisotopic (exact) mass is 498 g/mol. The van der Waals surface area contributed by atoms with Crippen LogP contribution in [0, 0.1) is 0 Å². The van der Waals surface area contributed by atoms with Crippen molar-refractivity contribution in [1.29, 1.82) is 0 Å². The number of hydrogen-bond acceptors (Lipinski definition) is 8. The van der Waals surface area contributed by atoms with Gasteiger partial charge >= 0.3 is 17.9 Å². The Morgan fingerprint density at radius 3 is 1.81 bits per heavy atom. The molecule has 2 amide bonds. The number of anilines is 2. The Morgan fingerprint density at radius 2 is 1.25 bits per heavy atom. The van der Waals surface area contributed by atoms with Crippen LogP contribution in [0.3, 0.4) is 0 Å². The van der Waals surface area contributed by atoms with Crippen LogP contribution in [-0.2, 0) is 28.6 Å². The van der Waals surface area contributed by atoms with E-state index in [0.717, 1.165) is 19.3 Å². The van der Waals surface area contributed by atoms with Crippen molar-refractivity contribution in [2.75, 3.05) is 31.0 Å². The SMILES string of the molecule is CCCCCOC(=O)c1ccc(NC(=O)CCC(=O)OCC(=O)Nc2ccc(C(=O)OC)cc2)cc1. The molecule has 0 atom stereocenters. The number of carbonyl (C=O) groups is 5. The minimum absolute atomic E-state index is 0.142. The molecule has 2 aromatic carbocycles. The molecule has 0 aliphatic rings. The molecule has 10 heteroatoms. The lowest BCUT2D eigenvalue weighted by Crippen LogP contribution is -2.21. The van der Waals surface area contributed by atoms with Crippen LogP contribution in [0.5, 0.6) is 0 Å². The van der Waals surface area contributed by atoms with Crippen molar-refractivity contribution in [2.45, 2.75) is 39.0 Å². The van der Waals surface area contributed by atoms with Gasteiger partial charge in [0.05, 0.1) is 31.3 Å². The number of methoxy groups -OCH3 is 1. The lowest BCUT2D eigenvalue weighted by atomic mass is 10.2. The highest BCUT2D eigenvalue weighted by Crippen LogP contribution is 2.13. The van der Waals surface area contributed by atoms with Gasteiger partial charge in [0.1, 0.15) is 0 Å². The number of hydrogen-bond donors (Lipinski definition) is 2. The maximum absolute atomic E-state index is 12.1. The fourth-order valence-electron chi connectivity index (χ4n) is 2.95. The summed E-state index contributed by atoms with van der Waals surface area (Å²) in [5, 5.41) is 5.15. The van der Waals surface area contributed by atoms with Gasteiger partial charge in [-0.3, -0.25) is 14.4 Å². The number of carbonyl (C=O) groups excluding carboxylic acids is 5. The molecule has 0 radical (unpaired) electrons. The Labute approximate surface area is 209 Å². The molecule has 192 valence electrons. The third-order valence-electron chi connectivity index (χ3n) is 4.90. The standard InChI is InChI=1S/C26H30N2O8/c1-3-4-5-16-35-26(33)19-8-12-20(13-9-19)27-22(29)14-15-24(31)36-17-23(30)28-21-10-6-18(7-11-21)25(32)34-2/h6-13H,3-5,14-17H2,1-2H3,(H,27,29)(H,28,30). The summed E-state index contributed by atoms with van der Waals surface area (Å²) in [6, 6.07) is 12.2. The summed E-state index contributed by atoms with van der Waals surface area (Å²) in [6.07, 6.45) is 2.49. The number of amides is 2. The van der Waals surface area contributed by atoms with Gasteiger partial charge in [-0.2, -0.15) is 0 Å². The molecule has 0 saturated carbocycles. The number of nitrogens with one attached hydrogen (secondary N) is 2. The average Bonchev–Trinajstić information content (AvgIpc) is 2.89. The minimum atomic E-state index is -0.706. The zero-order chi connectivity index (χ0) is 26.3. The molecule has 2 aromatic rings. The van der Waals surface area contributed by atoms with Crippen molar-refractivity contribution in [3.8, 4) is 0 Å². The van der Waals surface area contributed by atoms with Gasteiger partial charge in [0.2, 0.25) is 5.91 Å². The second-order valence-electron chi connectivity index (χ2n) is 7.75. The molecule has 0 saturated heterocycles. The Bertz CT molecular complexity index is 1050. The van der Waals surface area contributed by atoms with Crippen molar-refractivity contribution >= 4 is 41.1 Å². The predicted octanol–water partition coefficient (Wildman–Crippen LogP) is 3.72. The van der Waals surface area contributed by atoms with Crippen LogP contribution in [0.1, 0.15) is 59.7 Å². The molecule has 0 aromatic heterocycles. The zero-order valence-electron chi connectivity index (χ0n) is 20.3. The van der Waals surface area contributed by atoms with Gasteiger partial charge in [0, 0.05) is 17.8 Å². The largest absolute Gasteiger partial charge is 0.465 e. The molecule has 0 fully saturated rings. The summed E-state index contributed by atoms with van der Waals surface area (Å²) in [6.45, 7) is 1.91. The second kappa shape index (κ2) is 14.9. The van der Waals surface area contributed by atoms with Gasteiger partial charge in [0.25, 0.3) is 5.91 Å². The summed E-state index contributed by atoms with van der Waals surface area (Å²) in [7, 11) is 1.27. The summed E-state index contributed by atoms with van der Waals surface area (Å²) in [5.74, 6) is -2.61. The van der Waals surface area contributed by atoms with Crippen molar-refractivity contribution < 1.29 is 38.2 Å². The topological polar surface area (TPSA) is 137 Å². The fraction of sp³-hybridized carbons (Fsp3) is 0.346. The molecule has 10 nitrogen and oxygen atoms in total. The van der Waals surface area contributed by atoms with Crippen molar-refractivity contribution in [2.24, 2.45) is 0 Å². The molecule has 0 spiro atoms. The van der Waals surface area contributed by atoms with Gasteiger partial charge < -0.3 is 24.8 Å². The highest BCUT2D eigenvalue weighted by Gasteiger charge is 2.12. The number of ether oxygens (including phenoxy) is 3. The lowest BCUT2D eigenvalue weighted by Gasteiger charge is -2.08. The Hall–Kier alpha value is -4.21. The van der Waals surface area contributed by atoms with Crippen LogP contribution in [0.4, 0.5) is 11.4 Å². The average molecular weight is 499 g/mol. The molecule has 2 N–H and O–H groups in total. The first-order chi connectivity index (χ1) is 17.3. The van der Waals surface area contributed by atoms with Crippen LogP contribution < -0.4 is 10.6 Å². The third kappa shape index (κ3) is 9.96.